The molecule has 0 spiro atoms. The van der Waals surface area contributed by atoms with Crippen LogP contribution in [0.3, 0.4) is 0 Å². The highest BCUT2D eigenvalue weighted by Gasteiger charge is 2.56. The number of carbonyl (C=O) groups excluding carboxylic acids is 2. The summed E-state index contributed by atoms with van der Waals surface area (Å²) in [5, 5.41) is 38.1. The molecule has 9 nitrogen and oxygen atoms in total. The first-order valence-corrected chi connectivity index (χ1v) is 22.3. The van der Waals surface area contributed by atoms with E-state index in [4.69, 9.17) is 8.84 Å². The van der Waals surface area contributed by atoms with Crippen LogP contribution in [-0.2, 0) is 20.6 Å². The first kappa shape index (κ1) is 41.8. The molecule has 4 aromatic carbocycles. The molecule has 5 aromatic rings. The van der Waals surface area contributed by atoms with Crippen molar-refractivity contribution in [1.29, 1.82) is 0 Å². The number of para-hydroxylation sites is 1. The SMILES string of the molecule is C/C(=C\c1ccc(CO)o1)CC[C@@H](O)C1=C(CO[Si](c2ccccc2)(c2ccccc2)C(C)(C)C)C[C@H]2C(=O)N(c3ccc(Nc4ccccc4)cc3)C(=O)[C@H]2[C@H]1CO. The number of fused-ring (bicyclic) bond motifs is 1. The minimum Gasteiger partial charge on any atom is -0.459 e. The van der Waals surface area contributed by atoms with Gasteiger partial charge in [-0.05, 0) is 107 Å². The number of nitrogens with one attached hydrogen (secondary N) is 1. The molecule has 306 valence electrons. The number of anilines is 3. The number of allylic oxidation sites excluding steroid dienone is 1. The van der Waals surface area contributed by atoms with Crippen LogP contribution in [0.25, 0.3) is 6.08 Å². The minimum absolute atomic E-state index is 0.117. The average Bonchev–Trinajstić information content (AvgIpc) is 3.80. The Balaban J connectivity index is 1.24. The molecule has 7 rings (SSSR count). The van der Waals surface area contributed by atoms with E-state index in [1.165, 1.54) is 4.90 Å². The molecule has 10 heteroatoms. The molecular formula is C49H54N2O7Si. The van der Waals surface area contributed by atoms with Gasteiger partial charge in [-0.25, -0.2) is 0 Å². The summed E-state index contributed by atoms with van der Waals surface area (Å²) in [5.41, 5.74) is 4.45. The lowest BCUT2D eigenvalue weighted by atomic mass is 9.68. The number of aliphatic hydroxyl groups excluding tert-OH is 3. The Morgan fingerprint density at radius 3 is 2.00 bits per heavy atom. The van der Waals surface area contributed by atoms with Crippen molar-refractivity contribution < 1.29 is 33.8 Å². The maximum absolute atomic E-state index is 14.5. The standard InChI is InChI=1S/C49H54N2O7Si/c1-33(28-38-25-26-39(30-52)58-38)20-27-44(54)45-34(32-57-59(49(2,3)4,40-16-10-6-11-17-40)41-18-12-7-13-19-41)29-42-46(43(45)31-53)48(56)51(47(42)55)37-23-21-36(22-24-37)50-35-14-8-5-9-15-35/h5-19,21-26,28,42-44,46,50,52-54H,20,27,29-32H2,1-4H3/b33-28+/t42-,43+,44-,46-/m1/s1. The Morgan fingerprint density at radius 2 is 1.44 bits per heavy atom. The molecule has 1 saturated heterocycles. The number of hydrogen-bond donors (Lipinski definition) is 4. The van der Waals surface area contributed by atoms with E-state index in [0.717, 1.165) is 32.9 Å². The fourth-order valence-corrected chi connectivity index (χ4v) is 13.6. The third kappa shape index (κ3) is 8.55. The normalized spacial score (nSPS) is 19.3. The van der Waals surface area contributed by atoms with Crippen LogP contribution in [0.1, 0.15) is 58.5 Å². The van der Waals surface area contributed by atoms with Crippen molar-refractivity contribution in [3.05, 3.63) is 156 Å². The highest BCUT2D eigenvalue weighted by molar-refractivity contribution is 6.99. The molecule has 4 N–H and O–H groups in total. The van der Waals surface area contributed by atoms with Crippen LogP contribution < -0.4 is 20.6 Å². The molecule has 4 atom stereocenters. The molecule has 0 radical (unpaired) electrons. The quantitative estimate of drug-likeness (QED) is 0.0480. The van der Waals surface area contributed by atoms with Crippen LogP contribution in [0.15, 0.2) is 149 Å². The zero-order valence-corrected chi connectivity index (χ0v) is 35.2. The van der Waals surface area contributed by atoms with E-state index in [1.807, 2.05) is 91.9 Å². The minimum atomic E-state index is -3.06. The van der Waals surface area contributed by atoms with Crippen molar-refractivity contribution in [3.8, 4) is 0 Å². The zero-order chi connectivity index (χ0) is 41.7. The van der Waals surface area contributed by atoms with E-state index in [-0.39, 0.29) is 36.5 Å². The van der Waals surface area contributed by atoms with Gasteiger partial charge in [-0.1, -0.05) is 105 Å². The number of rotatable bonds is 15. The summed E-state index contributed by atoms with van der Waals surface area (Å²) in [7, 11) is -3.06. The maximum Gasteiger partial charge on any atom is 0.261 e. The smallest absolute Gasteiger partial charge is 0.261 e. The van der Waals surface area contributed by atoms with Crippen LogP contribution in [0.5, 0.6) is 0 Å². The van der Waals surface area contributed by atoms with Crippen LogP contribution in [-0.4, -0.2) is 54.8 Å². The first-order valence-electron chi connectivity index (χ1n) is 20.4. The van der Waals surface area contributed by atoms with E-state index in [1.54, 1.807) is 24.3 Å². The maximum atomic E-state index is 14.5. The Hall–Kier alpha value is -5.36. The van der Waals surface area contributed by atoms with Gasteiger partial charge in [0.15, 0.2) is 0 Å². The Labute approximate surface area is 347 Å². The van der Waals surface area contributed by atoms with Crippen LogP contribution in [0, 0.1) is 17.8 Å². The van der Waals surface area contributed by atoms with Crippen molar-refractivity contribution >= 4 is 53.6 Å². The zero-order valence-electron chi connectivity index (χ0n) is 34.2. The molecule has 2 amide bonds. The molecule has 1 aliphatic heterocycles. The number of furan rings is 1. The molecule has 0 bridgehead atoms. The fourth-order valence-electron chi connectivity index (χ4n) is 9.08. The highest BCUT2D eigenvalue weighted by atomic mass is 28.4. The van der Waals surface area contributed by atoms with Gasteiger partial charge in [-0.2, -0.15) is 0 Å². The van der Waals surface area contributed by atoms with Gasteiger partial charge in [0.2, 0.25) is 11.8 Å². The number of amides is 2. The fraction of sp³-hybridized carbons (Fsp3) is 0.306. The first-order chi connectivity index (χ1) is 28.4. The summed E-state index contributed by atoms with van der Waals surface area (Å²) in [4.78, 5) is 30.2. The average molecular weight is 811 g/mol. The second-order valence-corrected chi connectivity index (χ2v) is 21.0. The van der Waals surface area contributed by atoms with E-state index in [2.05, 4.69) is 50.4 Å². The Bertz CT molecular complexity index is 2240. The highest BCUT2D eigenvalue weighted by Crippen LogP contribution is 2.48. The van der Waals surface area contributed by atoms with E-state index < -0.39 is 38.8 Å². The number of carbonyl (C=O) groups is 2. The number of benzene rings is 4. The van der Waals surface area contributed by atoms with Crippen LogP contribution in [0.2, 0.25) is 5.04 Å². The number of nitrogens with zero attached hydrogens (tertiary/aromatic N) is 1. The predicted octanol–water partition coefficient (Wildman–Crippen LogP) is 7.75. The van der Waals surface area contributed by atoms with Gasteiger partial charge in [-0.15, -0.1) is 0 Å². The summed E-state index contributed by atoms with van der Waals surface area (Å²) in [5.74, 6) is -2.03. The third-order valence-corrected chi connectivity index (χ3v) is 16.8. The second kappa shape index (κ2) is 17.9. The molecule has 59 heavy (non-hydrogen) atoms. The molecule has 2 aliphatic rings. The van der Waals surface area contributed by atoms with Gasteiger partial charge in [0.25, 0.3) is 8.32 Å². The Kier molecular flexibility index (Phi) is 12.7. The van der Waals surface area contributed by atoms with Crippen molar-refractivity contribution in [2.75, 3.05) is 23.4 Å². The summed E-state index contributed by atoms with van der Waals surface area (Å²) in [6, 6.07) is 41.1. The van der Waals surface area contributed by atoms with Gasteiger partial charge in [-0.3, -0.25) is 14.5 Å². The van der Waals surface area contributed by atoms with E-state index in [0.29, 0.717) is 35.6 Å². The molecule has 0 unspecified atom stereocenters. The van der Waals surface area contributed by atoms with Crippen molar-refractivity contribution in [2.45, 2.75) is 64.7 Å². The van der Waals surface area contributed by atoms with Gasteiger partial charge in [0.05, 0.1) is 36.8 Å². The van der Waals surface area contributed by atoms with Gasteiger partial charge >= 0.3 is 0 Å². The molecule has 1 aromatic heterocycles. The monoisotopic (exact) mass is 810 g/mol. The van der Waals surface area contributed by atoms with Crippen molar-refractivity contribution in [3.63, 3.8) is 0 Å². The third-order valence-electron chi connectivity index (χ3n) is 11.8. The van der Waals surface area contributed by atoms with Crippen molar-refractivity contribution in [1.82, 2.24) is 0 Å². The lowest BCUT2D eigenvalue weighted by Crippen LogP contribution is -2.66. The van der Waals surface area contributed by atoms with Crippen molar-refractivity contribution in [2.24, 2.45) is 17.8 Å². The topological polar surface area (TPSA) is 132 Å². The van der Waals surface area contributed by atoms with E-state index >= 15 is 0 Å². The lowest BCUT2D eigenvalue weighted by Gasteiger charge is -2.44. The predicted molar refractivity (Wildman–Crippen MR) is 235 cm³/mol. The summed E-state index contributed by atoms with van der Waals surface area (Å²) in [6.07, 6.45) is 1.87. The second-order valence-electron chi connectivity index (χ2n) is 16.7. The van der Waals surface area contributed by atoms with E-state index in [9.17, 15) is 24.9 Å². The summed E-state index contributed by atoms with van der Waals surface area (Å²) >= 11 is 0. The van der Waals surface area contributed by atoms with Gasteiger partial charge in [0, 0.05) is 17.3 Å². The van der Waals surface area contributed by atoms with Crippen LogP contribution >= 0.6 is 0 Å². The van der Waals surface area contributed by atoms with Gasteiger partial charge < -0.3 is 29.5 Å². The summed E-state index contributed by atoms with van der Waals surface area (Å²) < 4.78 is 13.1. The summed E-state index contributed by atoms with van der Waals surface area (Å²) in [6.45, 7) is 8.05. The molecule has 0 saturated carbocycles. The number of hydrogen-bond acceptors (Lipinski definition) is 8. The largest absolute Gasteiger partial charge is 0.459 e. The number of aliphatic hydroxyl groups is 3. The number of imide groups is 1. The van der Waals surface area contributed by atoms with Crippen LogP contribution in [0.4, 0.5) is 17.1 Å². The molecular weight excluding hydrogens is 757 g/mol. The lowest BCUT2D eigenvalue weighted by molar-refractivity contribution is -0.123. The molecule has 1 fully saturated rings. The van der Waals surface area contributed by atoms with Gasteiger partial charge in [0.1, 0.15) is 18.1 Å². The molecule has 1 aliphatic carbocycles. The Morgan fingerprint density at radius 1 is 0.847 bits per heavy atom. The molecule has 2 heterocycles.